The Morgan fingerprint density at radius 3 is 2.37 bits per heavy atom. The Morgan fingerprint density at radius 2 is 1.63 bits per heavy atom. The lowest BCUT2D eigenvalue weighted by Gasteiger charge is -2.09. The Hall–Kier alpha value is -3.21. The Bertz CT molecular complexity index is 1250. The summed E-state index contributed by atoms with van der Waals surface area (Å²) >= 11 is 12.0. The van der Waals surface area contributed by atoms with Crippen molar-refractivity contribution in [3.8, 4) is 5.75 Å². The van der Waals surface area contributed by atoms with E-state index in [1.165, 1.54) is 0 Å². The quantitative estimate of drug-likeness (QED) is 0.261. The molecule has 4 rings (SSSR count). The van der Waals surface area contributed by atoms with Gasteiger partial charge in [0.25, 0.3) is 0 Å². The van der Waals surface area contributed by atoms with E-state index in [1.54, 1.807) is 66.9 Å². The molecule has 0 aliphatic heterocycles. The number of hydrogen-bond acceptors (Lipinski definition) is 4. The van der Waals surface area contributed by atoms with Crippen molar-refractivity contribution < 1.29 is 9.53 Å². The normalized spacial score (nSPS) is 11.2. The molecule has 0 saturated carbocycles. The fourth-order valence-electron chi connectivity index (χ4n) is 2.92. The van der Waals surface area contributed by atoms with Crippen LogP contribution in [0.1, 0.15) is 21.6 Å². The minimum Gasteiger partial charge on any atom is -0.422 e. The molecule has 4 nitrogen and oxygen atoms in total. The van der Waals surface area contributed by atoms with Crippen LogP contribution in [0.3, 0.4) is 0 Å². The molecule has 1 aromatic heterocycles. The van der Waals surface area contributed by atoms with Gasteiger partial charge in [-0.15, -0.1) is 0 Å². The SMILES string of the molecule is Cc1cc(OC(=O)c2ccc(N=Cc3ccc(Cl)cc3)cc2)c2cc(Cl)ccc2n1. The molecule has 0 atom stereocenters. The van der Waals surface area contributed by atoms with E-state index in [2.05, 4.69) is 9.98 Å². The van der Waals surface area contributed by atoms with Crippen LogP contribution in [0.5, 0.6) is 5.75 Å². The summed E-state index contributed by atoms with van der Waals surface area (Å²) in [6.45, 7) is 1.85. The van der Waals surface area contributed by atoms with Crippen LogP contribution >= 0.6 is 23.2 Å². The van der Waals surface area contributed by atoms with Gasteiger partial charge in [-0.1, -0.05) is 35.3 Å². The Labute approximate surface area is 183 Å². The van der Waals surface area contributed by atoms with Gasteiger partial charge in [0.1, 0.15) is 5.75 Å². The van der Waals surface area contributed by atoms with Gasteiger partial charge in [-0.2, -0.15) is 0 Å². The number of rotatable bonds is 4. The third-order valence-corrected chi connectivity index (χ3v) is 4.89. The predicted octanol–water partition coefficient (Wildman–Crippen LogP) is 6.82. The van der Waals surface area contributed by atoms with E-state index >= 15 is 0 Å². The molecule has 30 heavy (non-hydrogen) atoms. The number of fused-ring (bicyclic) bond motifs is 1. The first-order valence-electron chi connectivity index (χ1n) is 9.17. The van der Waals surface area contributed by atoms with Crippen molar-refractivity contribution in [3.05, 3.63) is 99.7 Å². The van der Waals surface area contributed by atoms with Crippen LogP contribution in [0, 0.1) is 6.92 Å². The van der Waals surface area contributed by atoms with Crippen LogP contribution in [0.25, 0.3) is 10.9 Å². The summed E-state index contributed by atoms with van der Waals surface area (Å²) < 4.78 is 5.64. The molecule has 0 spiro atoms. The molecule has 0 saturated heterocycles. The molecule has 0 amide bonds. The van der Waals surface area contributed by atoms with Crippen LogP contribution in [0.4, 0.5) is 5.69 Å². The molecule has 0 radical (unpaired) electrons. The first-order chi connectivity index (χ1) is 14.5. The van der Waals surface area contributed by atoms with Crippen molar-refractivity contribution in [2.45, 2.75) is 6.92 Å². The number of halogens is 2. The van der Waals surface area contributed by atoms with Gasteiger partial charge in [0.15, 0.2) is 0 Å². The van der Waals surface area contributed by atoms with Crippen LogP contribution in [0.15, 0.2) is 77.8 Å². The summed E-state index contributed by atoms with van der Waals surface area (Å²) in [4.78, 5) is 21.5. The van der Waals surface area contributed by atoms with Gasteiger partial charge in [0.05, 0.1) is 16.8 Å². The van der Waals surface area contributed by atoms with E-state index in [1.807, 2.05) is 19.1 Å². The average Bonchev–Trinajstić information content (AvgIpc) is 2.74. The van der Waals surface area contributed by atoms with Gasteiger partial charge in [0, 0.05) is 33.4 Å². The van der Waals surface area contributed by atoms with E-state index in [0.717, 1.165) is 16.9 Å². The molecular weight excluding hydrogens is 419 g/mol. The molecule has 0 aliphatic carbocycles. The number of hydrogen-bond donors (Lipinski definition) is 0. The molecule has 3 aromatic carbocycles. The molecule has 148 valence electrons. The maximum absolute atomic E-state index is 12.7. The Morgan fingerprint density at radius 1 is 0.933 bits per heavy atom. The third-order valence-electron chi connectivity index (χ3n) is 4.40. The van der Waals surface area contributed by atoms with Crippen molar-refractivity contribution in [1.29, 1.82) is 0 Å². The van der Waals surface area contributed by atoms with E-state index in [9.17, 15) is 4.79 Å². The second kappa shape index (κ2) is 8.66. The van der Waals surface area contributed by atoms with E-state index in [4.69, 9.17) is 27.9 Å². The van der Waals surface area contributed by atoms with Gasteiger partial charge in [-0.05, 0) is 67.1 Å². The number of carbonyl (C=O) groups excluding carboxylic acids is 1. The van der Waals surface area contributed by atoms with E-state index in [0.29, 0.717) is 32.3 Å². The monoisotopic (exact) mass is 434 g/mol. The van der Waals surface area contributed by atoms with Crippen LogP contribution in [0.2, 0.25) is 10.0 Å². The van der Waals surface area contributed by atoms with Crippen molar-refractivity contribution in [2.75, 3.05) is 0 Å². The summed E-state index contributed by atoms with van der Waals surface area (Å²) in [5.74, 6) is -0.0371. The third kappa shape index (κ3) is 4.67. The zero-order valence-corrected chi connectivity index (χ0v) is 17.5. The molecule has 0 aliphatic rings. The molecule has 0 N–H and O–H groups in total. The van der Waals surface area contributed by atoms with Crippen molar-refractivity contribution in [3.63, 3.8) is 0 Å². The number of nitrogens with zero attached hydrogens (tertiary/aromatic N) is 2. The smallest absolute Gasteiger partial charge is 0.343 e. The van der Waals surface area contributed by atoms with Crippen LogP contribution in [-0.4, -0.2) is 17.2 Å². The van der Waals surface area contributed by atoms with Gasteiger partial charge in [-0.3, -0.25) is 9.98 Å². The second-order valence-electron chi connectivity index (χ2n) is 6.67. The summed E-state index contributed by atoms with van der Waals surface area (Å²) in [7, 11) is 0. The number of esters is 1. The van der Waals surface area contributed by atoms with Crippen LogP contribution in [-0.2, 0) is 0 Å². The first kappa shape index (κ1) is 20.1. The van der Waals surface area contributed by atoms with E-state index < -0.39 is 5.97 Å². The number of pyridine rings is 1. The van der Waals surface area contributed by atoms with E-state index in [-0.39, 0.29) is 0 Å². The molecule has 0 unspecified atom stereocenters. The number of ether oxygens (including phenoxy) is 1. The number of aromatic nitrogens is 1. The molecule has 0 bridgehead atoms. The summed E-state index contributed by atoms with van der Waals surface area (Å²) in [6, 6.07) is 21.3. The molecule has 6 heteroatoms. The number of benzene rings is 3. The minimum absolute atomic E-state index is 0.421. The molecule has 1 heterocycles. The lowest BCUT2D eigenvalue weighted by Crippen LogP contribution is -2.09. The fourth-order valence-corrected chi connectivity index (χ4v) is 3.22. The Kier molecular flexibility index (Phi) is 5.79. The summed E-state index contributed by atoms with van der Waals surface area (Å²) in [6.07, 6.45) is 1.74. The van der Waals surface area contributed by atoms with Crippen LogP contribution < -0.4 is 4.74 Å². The van der Waals surface area contributed by atoms with Gasteiger partial charge < -0.3 is 4.74 Å². The first-order valence-corrected chi connectivity index (χ1v) is 9.92. The number of aliphatic imine (C=N–C) groups is 1. The maximum Gasteiger partial charge on any atom is 0.343 e. The fraction of sp³-hybridized carbons (Fsp3) is 0.0417. The molecular formula is C24H16Cl2N2O2. The highest BCUT2D eigenvalue weighted by Gasteiger charge is 2.13. The van der Waals surface area contributed by atoms with Crippen molar-refractivity contribution >= 4 is 52.0 Å². The van der Waals surface area contributed by atoms with Gasteiger partial charge in [-0.25, -0.2) is 4.79 Å². The average molecular weight is 435 g/mol. The maximum atomic E-state index is 12.7. The molecule has 4 aromatic rings. The standard InChI is InChI=1S/C24H16Cl2N2O2/c1-15-12-23(21-13-19(26)8-11-22(21)28-15)30-24(29)17-4-9-20(10-5-17)27-14-16-2-6-18(25)7-3-16/h2-14H,1H3. The Balaban J connectivity index is 1.52. The second-order valence-corrected chi connectivity index (χ2v) is 7.54. The lowest BCUT2D eigenvalue weighted by molar-refractivity contribution is 0.0737. The highest BCUT2D eigenvalue weighted by atomic mass is 35.5. The van der Waals surface area contributed by atoms with Gasteiger partial charge >= 0.3 is 5.97 Å². The zero-order valence-electron chi connectivity index (χ0n) is 16.0. The lowest BCUT2D eigenvalue weighted by atomic mass is 10.1. The van der Waals surface area contributed by atoms with Gasteiger partial charge in [0.2, 0.25) is 0 Å². The zero-order chi connectivity index (χ0) is 21.1. The topological polar surface area (TPSA) is 51.5 Å². The predicted molar refractivity (Wildman–Crippen MR) is 122 cm³/mol. The van der Waals surface area contributed by atoms with Crippen molar-refractivity contribution in [2.24, 2.45) is 4.99 Å². The van der Waals surface area contributed by atoms with Crippen molar-refractivity contribution in [1.82, 2.24) is 4.98 Å². The number of aryl methyl sites for hydroxylation is 1. The minimum atomic E-state index is -0.463. The largest absolute Gasteiger partial charge is 0.422 e. The highest BCUT2D eigenvalue weighted by Crippen LogP contribution is 2.29. The summed E-state index contributed by atoms with van der Waals surface area (Å²) in [5.41, 5.74) is 3.54. The highest BCUT2D eigenvalue weighted by molar-refractivity contribution is 6.31. The number of carbonyl (C=O) groups is 1. The summed E-state index contributed by atoms with van der Waals surface area (Å²) in [5, 5.41) is 1.91. The molecule has 0 fully saturated rings.